The number of aromatic nitrogens is 3. The Morgan fingerprint density at radius 2 is 2.26 bits per heavy atom. The molecule has 3 N–H and O–H groups in total. The summed E-state index contributed by atoms with van der Waals surface area (Å²) in [7, 11) is 0. The van der Waals surface area contributed by atoms with Crippen LogP contribution < -0.4 is 16.0 Å². The second-order valence-corrected chi connectivity index (χ2v) is 4.90. The highest BCUT2D eigenvalue weighted by atomic mass is 32.1. The van der Waals surface area contributed by atoms with Gasteiger partial charge in [0.1, 0.15) is 11.6 Å². The normalized spacial score (nSPS) is 10.5. The van der Waals surface area contributed by atoms with Crippen LogP contribution in [0, 0.1) is 6.92 Å². The Hall–Kier alpha value is -1.73. The molecule has 0 aromatic carbocycles. The second-order valence-electron chi connectivity index (χ2n) is 3.96. The summed E-state index contributed by atoms with van der Waals surface area (Å²) in [6, 6.07) is 1.69. The number of aryl methyl sites for hydroxylation is 2. The largest absolute Gasteiger partial charge is 0.477 e. The molecule has 2 aromatic rings. The molecule has 0 saturated carbocycles. The number of anilines is 1. The van der Waals surface area contributed by atoms with E-state index >= 15 is 0 Å². The van der Waals surface area contributed by atoms with Gasteiger partial charge in [0.15, 0.2) is 0 Å². The van der Waals surface area contributed by atoms with Gasteiger partial charge in [0.25, 0.3) is 0 Å². The zero-order chi connectivity index (χ0) is 13.7. The topological polar surface area (TPSA) is 86.0 Å². The molecule has 0 unspecified atom stereocenters. The predicted molar refractivity (Wildman–Crippen MR) is 75.3 cm³/mol. The fourth-order valence-electron chi connectivity index (χ4n) is 1.59. The van der Waals surface area contributed by atoms with Crippen molar-refractivity contribution in [1.82, 2.24) is 15.0 Å². The highest BCUT2D eigenvalue weighted by molar-refractivity contribution is 7.09. The molecular formula is C12H17N5OS. The van der Waals surface area contributed by atoms with E-state index in [0.29, 0.717) is 24.1 Å². The Bertz CT molecular complexity index is 520. The van der Waals surface area contributed by atoms with Gasteiger partial charge in [0.05, 0.1) is 17.8 Å². The van der Waals surface area contributed by atoms with Crippen LogP contribution in [0.2, 0.25) is 0 Å². The molecule has 2 heterocycles. The summed E-state index contributed by atoms with van der Waals surface area (Å²) < 4.78 is 5.65. The standard InChI is InChI=1S/C12H17N5OS/c1-3-10-15-11(17-13)6-12(16-10)18-5-4-9-8(2)14-7-19-9/h6-7H,3-5,13H2,1-2H3,(H,15,16,17). The van der Waals surface area contributed by atoms with Crippen LogP contribution in [0.25, 0.3) is 0 Å². The molecule has 7 heteroatoms. The van der Waals surface area contributed by atoms with Crippen LogP contribution in [-0.2, 0) is 12.8 Å². The maximum Gasteiger partial charge on any atom is 0.218 e. The maximum absolute atomic E-state index is 5.65. The molecule has 0 aliphatic carbocycles. The molecular weight excluding hydrogens is 262 g/mol. The van der Waals surface area contributed by atoms with Crippen molar-refractivity contribution in [3.8, 4) is 5.88 Å². The van der Waals surface area contributed by atoms with E-state index in [1.807, 2.05) is 19.4 Å². The maximum atomic E-state index is 5.65. The van der Waals surface area contributed by atoms with Crippen LogP contribution in [0.1, 0.15) is 23.3 Å². The van der Waals surface area contributed by atoms with E-state index in [2.05, 4.69) is 20.4 Å². The summed E-state index contributed by atoms with van der Waals surface area (Å²) in [6.07, 6.45) is 1.56. The minimum atomic E-state index is 0.543. The summed E-state index contributed by atoms with van der Waals surface area (Å²) in [6.45, 7) is 4.55. The molecule has 0 atom stereocenters. The molecule has 0 amide bonds. The number of thiazole rings is 1. The highest BCUT2D eigenvalue weighted by Crippen LogP contribution is 2.16. The van der Waals surface area contributed by atoms with Gasteiger partial charge < -0.3 is 10.2 Å². The minimum Gasteiger partial charge on any atom is -0.477 e. The number of nitrogens with one attached hydrogen (secondary N) is 1. The van der Waals surface area contributed by atoms with Crippen molar-refractivity contribution in [3.05, 3.63) is 28.0 Å². The average molecular weight is 279 g/mol. The SMILES string of the molecule is CCc1nc(NN)cc(OCCc2scnc2C)n1. The Morgan fingerprint density at radius 1 is 1.42 bits per heavy atom. The zero-order valence-electron chi connectivity index (χ0n) is 11.0. The van der Waals surface area contributed by atoms with Gasteiger partial charge in [-0.25, -0.2) is 15.8 Å². The fraction of sp³-hybridized carbons (Fsp3) is 0.417. The first-order valence-electron chi connectivity index (χ1n) is 6.09. The minimum absolute atomic E-state index is 0.543. The second kappa shape index (κ2) is 6.44. The average Bonchev–Trinajstić information content (AvgIpc) is 2.84. The fourth-order valence-corrected chi connectivity index (χ4v) is 2.36. The first-order chi connectivity index (χ1) is 9.22. The van der Waals surface area contributed by atoms with Crippen molar-refractivity contribution in [1.29, 1.82) is 0 Å². The molecule has 0 aliphatic heterocycles. The Kier molecular flexibility index (Phi) is 4.64. The summed E-state index contributed by atoms with van der Waals surface area (Å²) in [5.74, 6) is 7.18. The lowest BCUT2D eigenvalue weighted by Crippen LogP contribution is -2.11. The summed E-state index contributed by atoms with van der Waals surface area (Å²) in [4.78, 5) is 14.0. The number of nitrogens with two attached hydrogens (primary N) is 1. The first-order valence-corrected chi connectivity index (χ1v) is 6.97. The van der Waals surface area contributed by atoms with Crippen molar-refractivity contribution in [2.75, 3.05) is 12.0 Å². The molecule has 0 fully saturated rings. The summed E-state index contributed by atoms with van der Waals surface area (Å²) in [5, 5.41) is 0. The third-order valence-electron chi connectivity index (χ3n) is 2.64. The van der Waals surface area contributed by atoms with E-state index in [1.165, 1.54) is 4.88 Å². The van der Waals surface area contributed by atoms with Crippen LogP contribution in [0.4, 0.5) is 5.82 Å². The van der Waals surface area contributed by atoms with Gasteiger partial charge in [-0.1, -0.05) is 6.92 Å². The van der Waals surface area contributed by atoms with Crippen LogP contribution in [0.5, 0.6) is 5.88 Å². The van der Waals surface area contributed by atoms with Crippen molar-refractivity contribution in [2.45, 2.75) is 26.7 Å². The molecule has 2 aromatic heterocycles. The van der Waals surface area contributed by atoms with Crippen LogP contribution in [0.15, 0.2) is 11.6 Å². The molecule has 102 valence electrons. The molecule has 0 saturated heterocycles. The van der Waals surface area contributed by atoms with E-state index < -0.39 is 0 Å². The van der Waals surface area contributed by atoms with E-state index in [4.69, 9.17) is 10.6 Å². The third kappa shape index (κ3) is 3.62. The van der Waals surface area contributed by atoms with Crippen LogP contribution in [-0.4, -0.2) is 21.6 Å². The van der Waals surface area contributed by atoms with Crippen LogP contribution in [0.3, 0.4) is 0 Å². The summed E-state index contributed by atoms with van der Waals surface area (Å²) >= 11 is 1.64. The van der Waals surface area contributed by atoms with E-state index in [1.54, 1.807) is 17.4 Å². The van der Waals surface area contributed by atoms with Crippen LogP contribution >= 0.6 is 11.3 Å². The van der Waals surface area contributed by atoms with Gasteiger partial charge in [-0.3, -0.25) is 0 Å². The first kappa shape index (κ1) is 13.7. The lowest BCUT2D eigenvalue weighted by molar-refractivity contribution is 0.308. The predicted octanol–water partition coefficient (Wildman–Crippen LogP) is 1.71. The van der Waals surface area contributed by atoms with Crippen molar-refractivity contribution < 1.29 is 4.74 Å². The Balaban J connectivity index is 1.97. The quantitative estimate of drug-likeness (QED) is 0.618. The number of ether oxygens (including phenoxy) is 1. The van der Waals surface area contributed by atoms with Gasteiger partial charge in [-0.15, -0.1) is 11.3 Å². The lowest BCUT2D eigenvalue weighted by Gasteiger charge is -2.08. The van der Waals surface area contributed by atoms with Gasteiger partial charge in [0.2, 0.25) is 5.88 Å². The third-order valence-corrected chi connectivity index (χ3v) is 3.63. The van der Waals surface area contributed by atoms with Gasteiger partial charge in [-0.2, -0.15) is 4.98 Å². The zero-order valence-corrected chi connectivity index (χ0v) is 11.8. The van der Waals surface area contributed by atoms with Crippen molar-refractivity contribution >= 4 is 17.2 Å². The highest BCUT2D eigenvalue weighted by Gasteiger charge is 2.05. The molecule has 19 heavy (non-hydrogen) atoms. The number of rotatable bonds is 6. The molecule has 0 aliphatic rings. The number of nitrogen functional groups attached to an aromatic ring is 1. The van der Waals surface area contributed by atoms with E-state index in [9.17, 15) is 0 Å². The Labute approximate surface area is 116 Å². The van der Waals surface area contributed by atoms with E-state index in [-0.39, 0.29) is 0 Å². The molecule has 6 nitrogen and oxygen atoms in total. The number of hydrogen-bond donors (Lipinski definition) is 2. The summed E-state index contributed by atoms with van der Waals surface area (Å²) in [5.41, 5.74) is 5.43. The molecule has 0 spiro atoms. The van der Waals surface area contributed by atoms with Gasteiger partial charge >= 0.3 is 0 Å². The monoisotopic (exact) mass is 279 g/mol. The number of hydrogen-bond acceptors (Lipinski definition) is 7. The lowest BCUT2D eigenvalue weighted by atomic mass is 10.3. The molecule has 0 bridgehead atoms. The smallest absolute Gasteiger partial charge is 0.218 e. The number of hydrazine groups is 1. The number of nitrogens with zero attached hydrogens (tertiary/aromatic N) is 3. The van der Waals surface area contributed by atoms with Gasteiger partial charge in [0, 0.05) is 23.8 Å². The van der Waals surface area contributed by atoms with Crippen molar-refractivity contribution in [3.63, 3.8) is 0 Å². The molecule has 0 radical (unpaired) electrons. The molecule has 2 rings (SSSR count). The van der Waals surface area contributed by atoms with Gasteiger partial charge in [-0.05, 0) is 6.92 Å². The van der Waals surface area contributed by atoms with E-state index in [0.717, 1.165) is 18.5 Å². The van der Waals surface area contributed by atoms with Crippen molar-refractivity contribution in [2.24, 2.45) is 5.84 Å². The Morgan fingerprint density at radius 3 is 2.89 bits per heavy atom.